The zero-order valence-corrected chi connectivity index (χ0v) is 21.3. The molecule has 172 valence electrons. The largest absolute Gasteiger partial charge is 0.416 e. The van der Waals surface area contributed by atoms with Crippen LogP contribution in [-0.4, -0.2) is 26.9 Å². The summed E-state index contributed by atoms with van der Waals surface area (Å²) in [6.07, 6.45) is 28.4. The van der Waals surface area contributed by atoms with Crippen LogP contribution in [0.4, 0.5) is 0 Å². The maximum atomic E-state index is 11.9. The predicted octanol–water partition coefficient (Wildman–Crippen LogP) is 7.49. The zero-order chi connectivity index (χ0) is 22.5. The lowest BCUT2D eigenvalue weighted by atomic mass is 10.2. The molecular weight excluding hydrogens is 386 g/mol. The fourth-order valence-electron chi connectivity index (χ4n) is 2.71. The lowest BCUT2D eigenvalue weighted by Crippen LogP contribution is -2.39. The molecule has 0 aliphatic carbocycles. The molecule has 1 amide bonds. The summed E-state index contributed by atoms with van der Waals surface area (Å²) < 4.78 is 5.83. The minimum atomic E-state index is -1.51. The van der Waals surface area contributed by atoms with E-state index in [1.54, 1.807) is 0 Å². The number of hydrogen-bond acceptors (Lipinski definition) is 2. The third-order valence-corrected chi connectivity index (χ3v) is 5.44. The molecule has 0 fully saturated rings. The highest BCUT2D eigenvalue weighted by Gasteiger charge is 2.16. The molecule has 4 heteroatoms. The maximum Gasteiger partial charge on any atom is 0.220 e. The molecule has 1 N–H and O–H groups in total. The van der Waals surface area contributed by atoms with Gasteiger partial charge in [0.15, 0.2) is 8.32 Å². The first-order valence-corrected chi connectivity index (χ1v) is 15.3. The number of rotatable bonds is 18. The second-order valence-electron chi connectivity index (χ2n) is 8.87. The first-order chi connectivity index (χ1) is 14.3. The molecule has 0 radical (unpaired) electrons. The van der Waals surface area contributed by atoms with E-state index in [4.69, 9.17) is 4.43 Å². The number of hydrogen-bond donors (Lipinski definition) is 1. The molecule has 0 spiro atoms. The van der Waals surface area contributed by atoms with Crippen molar-refractivity contribution in [2.45, 2.75) is 104 Å². The molecule has 0 aromatic carbocycles. The number of unbranched alkanes of at least 4 members (excludes halogenated alkanes) is 4. The Bertz CT molecular complexity index is 530. The molecule has 0 bridgehead atoms. The Balaban J connectivity index is 3.61. The molecule has 0 saturated carbocycles. The maximum absolute atomic E-state index is 11.9. The predicted molar refractivity (Wildman–Crippen MR) is 135 cm³/mol. The van der Waals surface area contributed by atoms with E-state index in [0.29, 0.717) is 13.0 Å². The third kappa shape index (κ3) is 22.9. The number of allylic oxidation sites excluding steroid dienone is 8. The Labute approximate surface area is 187 Å². The highest BCUT2D eigenvalue weighted by molar-refractivity contribution is 6.69. The van der Waals surface area contributed by atoms with E-state index in [1.807, 2.05) is 6.92 Å². The molecule has 1 atom stereocenters. The summed E-state index contributed by atoms with van der Waals surface area (Å²) >= 11 is 0. The molecule has 3 nitrogen and oxygen atoms in total. The van der Waals surface area contributed by atoms with Gasteiger partial charge < -0.3 is 9.74 Å². The second kappa shape index (κ2) is 19.6. The van der Waals surface area contributed by atoms with Gasteiger partial charge in [0, 0.05) is 12.5 Å². The summed E-state index contributed by atoms with van der Waals surface area (Å²) in [6, 6.07) is 0.0840. The lowest BCUT2D eigenvalue weighted by Gasteiger charge is -2.21. The van der Waals surface area contributed by atoms with Gasteiger partial charge in [-0.2, -0.15) is 0 Å². The van der Waals surface area contributed by atoms with Crippen LogP contribution < -0.4 is 5.32 Å². The Kier molecular flexibility index (Phi) is 18.7. The van der Waals surface area contributed by atoms with E-state index in [0.717, 1.165) is 32.1 Å². The molecule has 0 rings (SSSR count). The van der Waals surface area contributed by atoms with Crippen LogP contribution in [0, 0.1) is 0 Å². The van der Waals surface area contributed by atoms with Gasteiger partial charge in [-0.25, -0.2) is 0 Å². The van der Waals surface area contributed by atoms with Crippen molar-refractivity contribution in [2.75, 3.05) is 6.61 Å². The number of nitrogens with one attached hydrogen (secondary N) is 1. The zero-order valence-electron chi connectivity index (χ0n) is 20.3. The summed E-state index contributed by atoms with van der Waals surface area (Å²) in [4.78, 5) is 11.9. The average molecular weight is 434 g/mol. The van der Waals surface area contributed by atoms with Crippen LogP contribution in [0.25, 0.3) is 0 Å². The fourth-order valence-corrected chi connectivity index (χ4v) is 3.46. The van der Waals surface area contributed by atoms with E-state index >= 15 is 0 Å². The topological polar surface area (TPSA) is 38.3 Å². The molecule has 0 aliphatic heterocycles. The van der Waals surface area contributed by atoms with Gasteiger partial charge in [0.2, 0.25) is 5.91 Å². The first-order valence-electron chi connectivity index (χ1n) is 11.9. The van der Waals surface area contributed by atoms with Crippen molar-refractivity contribution in [3.05, 3.63) is 48.6 Å². The quantitative estimate of drug-likeness (QED) is 0.138. The van der Waals surface area contributed by atoms with Crippen LogP contribution in [0.2, 0.25) is 19.6 Å². The standard InChI is InChI=1S/C26H47NO2Si/c1-6-7-8-9-10-11-12-13-14-15-16-17-18-19-20-21-22-23-26(28)27-25(2)24-29-30(3,4)5/h10-11,13-14,16-17,19-20,25H,6-9,12,15,18,21-24H2,1-5H3,(H,27,28)/b11-10-,14-13-,17-16-,20-19-. The van der Waals surface area contributed by atoms with Gasteiger partial charge in [-0.05, 0) is 71.5 Å². The molecule has 0 aliphatic rings. The SMILES string of the molecule is CCCCC/C=C\C/C=C\C/C=C\C/C=C\CCCC(=O)NC(C)CO[Si](C)(C)C. The fraction of sp³-hybridized carbons (Fsp3) is 0.654. The number of carbonyl (C=O) groups is 1. The second-order valence-corrected chi connectivity index (χ2v) is 13.4. The van der Waals surface area contributed by atoms with Gasteiger partial charge in [0.25, 0.3) is 0 Å². The van der Waals surface area contributed by atoms with E-state index < -0.39 is 8.32 Å². The molecule has 0 aromatic rings. The van der Waals surface area contributed by atoms with E-state index in [1.165, 1.54) is 25.7 Å². The summed E-state index contributed by atoms with van der Waals surface area (Å²) in [5, 5.41) is 3.02. The van der Waals surface area contributed by atoms with Crippen molar-refractivity contribution in [1.29, 1.82) is 0 Å². The summed E-state index contributed by atoms with van der Waals surface area (Å²) in [5.74, 6) is 0.123. The Morgan fingerprint density at radius 2 is 1.33 bits per heavy atom. The Morgan fingerprint density at radius 1 is 0.833 bits per heavy atom. The van der Waals surface area contributed by atoms with Gasteiger partial charge in [-0.1, -0.05) is 68.4 Å². The highest BCUT2D eigenvalue weighted by Crippen LogP contribution is 2.04. The van der Waals surface area contributed by atoms with Gasteiger partial charge >= 0.3 is 0 Å². The average Bonchev–Trinajstić information content (AvgIpc) is 2.68. The smallest absolute Gasteiger partial charge is 0.220 e. The molecule has 1 unspecified atom stereocenters. The lowest BCUT2D eigenvalue weighted by molar-refractivity contribution is -0.122. The van der Waals surface area contributed by atoms with E-state index in [-0.39, 0.29) is 11.9 Å². The Hall–Kier alpha value is -1.39. The molecular formula is C26H47NO2Si. The van der Waals surface area contributed by atoms with Crippen molar-refractivity contribution in [1.82, 2.24) is 5.32 Å². The van der Waals surface area contributed by atoms with Crippen molar-refractivity contribution in [2.24, 2.45) is 0 Å². The van der Waals surface area contributed by atoms with Gasteiger partial charge in [-0.3, -0.25) is 4.79 Å². The van der Waals surface area contributed by atoms with Gasteiger partial charge in [0.05, 0.1) is 6.61 Å². The Morgan fingerprint density at radius 3 is 1.83 bits per heavy atom. The van der Waals surface area contributed by atoms with Crippen molar-refractivity contribution >= 4 is 14.2 Å². The molecule has 0 heterocycles. The van der Waals surface area contributed by atoms with E-state index in [2.05, 4.69) is 80.5 Å². The monoisotopic (exact) mass is 433 g/mol. The van der Waals surface area contributed by atoms with Crippen LogP contribution in [0.3, 0.4) is 0 Å². The van der Waals surface area contributed by atoms with Gasteiger partial charge in [0.1, 0.15) is 0 Å². The van der Waals surface area contributed by atoms with Crippen molar-refractivity contribution in [3.8, 4) is 0 Å². The van der Waals surface area contributed by atoms with Crippen LogP contribution in [0.1, 0.15) is 78.1 Å². The first kappa shape index (κ1) is 28.6. The number of amides is 1. The summed E-state index contributed by atoms with van der Waals surface area (Å²) in [7, 11) is -1.51. The van der Waals surface area contributed by atoms with Crippen molar-refractivity contribution < 1.29 is 9.22 Å². The van der Waals surface area contributed by atoms with E-state index in [9.17, 15) is 4.79 Å². The highest BCUT2D eigenvalue weighted by atomic mass is 28.4. The van der Waals surface area contributed by atoms with Crippen molar-refractivity contribution in [3.63, 3.8) is 0 Å². The minimum Gasteiger partial charge on any atom is -0.416 e. The molecule has 30 heavy (non-hydrogen) atoms. The van der Waals surface area contributed by atoms with Gasteiger partial charge in [-0.15, -0.1) is 0 Å². The molecule has 0 saturated heterocycles. The molecule has 0 aromatic heterocycles. The normalized spacial score (nSPS) is 13.9. The van der Waals surface area contributed by atoms with Crippen LogP contribution >= 0.6 is 0 Å². The van der Waals surface area contributed by atoms with Crippen LogP contribution in [0.5, 0.6) is 0 Å². The summed E-state index contributed by atoms with van der Waals surface area (Å²) in [5.41, 5.74) is 0. The van der Waals surface area contributed by atoms with Crippen LogP contribution in [0.15, 0.2) is 48.6 Å². The summed E-state index contributed by atoms with van der Waals surface area (Å²) in [6.45, 7) is 11.3. The third-order valence-electron chi connectivity index (χ3n) is 4.41. The minimum absolute atomic E-state index is 0.0840. The number of carbonyl (C=O) groups excluding carboxylic acids is 1. The van der Waals surface area contributed by atoms with Crippen LogP contribution in [-0.2, 0) is 9.22 Å².